The summed E-state index contributed by atoms with van der Waals surface area (Å²) in [4.78, 5) is 25.9. The third kappa shape index (κ3) is 2.85. The first-order chi connectivity index (χ1) is 12.2. The van der Waals surface area contributed by atoms with Gasteiger partial charge in [-0.3, -0.25) is 9.59 Å². The lowest BCUT2D eigenvalue weighted by Crippen LogP contribution is -2.31. The van der Waals surface area contributed by atoms with Crippen LogP contribution in [0.3, 0.4) is 0 Å². The summed E-state index contributed by atoms with van der Waals surface area (Å²) in [6.07, 6.45) is 2.14. The Hall–Kier alpha value is -2.18. The van der Waals surface area contributed by atoms with Crippen molar-refractivity contribution in [3.05, 3.63) is 45.6 Å². The lowest BCUT2D eigenvalue weighted by molar-refractivity contribution is 0.0861. The predicted octanol–water partition coefficient (Wildman–Crippen LogP) is 3.14. The molecule has 1 aliphatic rings. The Morgan fingerprint density at radius 2 is 2.20 bits per heavy atom. The van der Waals surface area contributed by atoms with E-state index in [-0.39, 0.29) is 17.6 Å². The second kappa shape index (κ2) is 6.61. The van der Waals surface area contributed by atoms with Crippen molar-refractivity contribution in [3.63, 3.8) is 0 Å². The highest BCUT2D eigenvalue weighted by Gasteiger charge is 2.19. The van der Waals surface area contributed by atoms with Crippen LogP contribution in [0.15, 0.2) is 35.1 Å². The number of aromatic nitrogens is 1. The molecular weight excluding hydrogens is 336 g/mol. The lowest BCUT2D eigenvalue weighted by Gasteiger charge is -2.09. The molecule has 3 aromatic rings. The Bertz CT molecular complexity index is 999. The number of fused-ring (bicyclic) bond motifs is 3. The van der Waals surface area contributed by atoms with Crippen LogP contribution in [0.1, 0.15) is 29.4 Å². The Labute approximate surface area is 149 Å². The van der Waals surface area contributed by atoms with Crippen molar-refractivity contribution in [2.45, 2.75) is 32.4 Å². The fraction of sp³-hybridized carbons (Fsp3) is 0.368. The minimum atomic E-state index is -0.136. The number of nitrogens with one attached hydrogen (secondary N) is 1. The lowest BCUT2D eigenvalue weighted by atomic mass is 10.1. The summed E-state index contributed by atoms with van der Waals surface area (Å²) in [5.74, 6) is -0.136. The molecule has 1 atom stereocenters. The monoisotopic (exact) mass is 356 g/mol. The Morgan fingerprint density at radius 3 is 2.96 bits per heavy atom. The van der Waals surface area contributed by atoms with Gasteiger partial charge in [-0.05, 0) is 31.9 Å². The van der Waals surface area contributed by atoms with Gasteiger partial charge in [0, 0.05) is 29.8 Å². The van der Waals surface area contributed by atoms with Gasteiger partial charge < -0.3 is 14.6 Å². The molecule has 1 N–H and O–H groups in total. The van der Waals surface area contributed by atoms with Crippen LogP contribution in [-0.2, 0) is 11.3 Å². The molecule has 1 saturated heterocycles. The van der Waals surface area contributed by atoms with E-state index in [9.17, 15) is 9.59 Å². The van der Waals surface area contributed by atoms with Crippen molar-refractivity contribution >= 4 is 38.2 Å². The zero-order chi connectivity index (χ0) is 17.4. The van der Waals surface area contributed by atoms with E-state index in [0.29, 0.717) is 23.4 Å². The quantitative estimate of drug-likeness (QED) is 0.781. The van der Waals surface area contributed by atoms with E-state index >= 15 is 0 Å². The largest absolute Gasteiger partial charge is 0.376 e. The van der Waals surface area contributed by atoms with Crippen molar-refractivity contribution in [2.24, 2.45) is 0 Å². The van der Waals surface area contributed by atoms with Crippen LogP contribution in [0.5, 0.6) is 0 Å². The molecule has 4 rings (SSSR count). The minimum absolute atomic E-state index is 0.0365. The zero-order valence-corrected chi connectivity index (χ0v) is 14.9. The molecule has 1 fully saturated rings. The van der Waals surface area contributed by atoms with Gasteiger partial charge in [-0.15, -0.1) is 11.3 Å². The summed E-state index contributed by atoms with van der Waals surface area (Å²) in [7, 11) is 0. The molecule has 1 aliphatic heterocycles. The van der Waals surface area contributed by atoms with Gasteiger partial charge in [0.2, 0.25) is 0 Å². The second-order valence-electron chi connectivity index (χ2n) is 6.27. The van der Waals surface area contributed by atoms with Gasteiger partial charge >= 0.3 is 0 Å². The molecule has 0 radical (unpaired) electrons. The molecule has 25 heavy (non-hydrogen) atoms. The molecule has 2 aromatic heterocycles. The molecule has 0 saturated carbocycles. The van der Waals surface area contributed by atoms with Crippen molar-refractivity contribution in [2.75, 3.05) is 13.2 Å². The number of carbonyl (C=O) groups excluding carboxylic acids is 1. The van der Waals surface area contributed by atoms with Gasteiger partial charge in [0.25, 0.3) is 11.5 Å². The highest BCUT2D eigenvalue weighted by atomic mass is 32.1. The summed E-state index contributed by atoms with van der Waals surface area (Å²) in [5, 5.41) is 4.57. The molecule has 0 bridgehead atoms. The first kappa shape index (κ1) is 16.3. The van der Waals surface area contributed by atoms with E-state index in [0.717, 1.165) is 35.1 Å². The average molecular weight is 356 g/mol. The number of aryl methyl sites for hydroxylation is 1. The summed E-state index contributed by atoms with van der Waals surface area (Å²) >= 11 is 1.38. The number of benzene rings is 1. The van der Waals surface area contributed by atoms with Crippen LogP contribution in [0.4, 0.5) is 0 Å². The maximum Gasteiger partial charge on any atom is 0.261 e. The number of ether oxygens (including phenoxy) is 1. The minimum Gasteiger partial charge on any atom is -0.376 e. The molecule has 1 amide bonds. The number of hydrogen-bond acceptors (Lipinski definition) is 4. The molecular formula is C19H20N2O3S. The van der Waals surface area contributed by atoms with Crippen molar-refractivity contribution in [1.82, 2.24) is 9.88 Å². The highest BCUT2D eigenvalue weighted by Crippen LogP contribution is 2.30. The number of hydrogen-bond donors (Lipinski definition) is 1. The molecule has 6 heteroatoms. The van der Waals surface area contributed by atoms with Gasteiger partial charge in [0.15, 0.2) is 0 Å². The third-order valence-corrected chi connectivity index (χ3v) is 5.87. The smallest absolute Gasteiger partial charge is 0.261 e. The predicted molar refractivity (Wildman–Crippen MR) is 101 cm³/mol. The van der Waals surface area contributed by atoms with Crippen LogP contribution in [-0.4, -0.2) is 29.7 Å². The van der Waals surface area contributed by atoms with Gasteiger partial charge in [-0.1, -0.05) is 18.2 Å². The molecule has 0 spiro atoms. The Kier molecular flexibility index (Phi) is 4.31. The topological polar surface area (TPSA) is 60.3 Å². The summed E-state index contributed by atoms with van der Waals surface area (Å²) in [6.45, 7) is 3.85. The third-order valence-electron chi connectivity index (χ3n) is 4.70. The molecule has 130 valence electrons. The van der Waals surface area contributed by atoms with Gasteiger partial charge in [-0.25, -0.2) is 0 Å². The van der Waals surface area contributed by atoms with Crippen molar-refractivity contribution < 1.29 is 9.53 Å². The van der Waals surface area contributed by atoms with Crippen LogP contribution in [0.25, 0.3) is 21.0 Å². The van der Waals surface area contributed by atoms with Crippen molar-refractivity contribution in [1.29, 1.82) is 0 Å². The van der Waals surface area contributed by atoms with E-state index in [1.807, 2.05) is 31.2 Å². The Balaban J connectivity index is 1.74. The average Bonchev–Trinajstić information content (AvgIpc) is 3.30. The number of nitrogens with zero attached hydrogens (tertiary/aromatic N) is 1. The maximum atomic E-state index is 12.8. The number of thiophene rings is 1. The van der Waals surface area contributed by atoms with E-state index in [2.05, 4.69) is 5.32 Å². The van der Waals surface area contributed by atoms with Crippen LogP contribution >= 0.6 is 11.3 Å². The number of pyridine rings is 1. The van der Waals surface area contributed by atoms with E-state index in [4.69, 9.17) is 4.74 Å². The van der Waals surface area contributed by atoms with Crippen LogP contribution in [0, 0.1) is 0 Å². The first-order valence-electron chi connectivity index (χ1n) is 8.64. The summed E-state index contributed by atoms with van der Waals surface area (Å²) in [5.41, 5.74) is 0.876. The second-order valence-corrected chi connectivity index (χ2v) is 7.32. The SMILES string of the molecule is CCn1c(=O)c2cc(C(=O)NCC3CCCO3)sc2c2ccccc21. The van der Waals surface area contributed by atoms with E-state index in [1.165, 1.54) is 11.3 Å². The van der Waals surface area contributed by atoms with E-state index in [1.54, 1.807) is 10.6 Å². The number of carbonyl (C=O) groups is 1. The fourth-order valence-corrected chi connectivity index (χ4v) is 4.53. The van der Waals surface area contributed by atoms with Gasteiger partial charge in [-0.2, -0.15) is 0 Å². The molecule has 5 nitrogen and oxygen atoms in total. The number of amides is 1. The summed E-state index contributed by atoms with van der Waals surface area (Å²) < 4.78 is 8.18. The van der Waals surface area contributed by atoms with E-state index < -0.39 is 0 Å². The van der Waals surface area contributed by atoms with Gasteiger partial charge in [0.05, 0.1) is 21.9 Å². The molecule has 1 unspecified atom stereocenters. The van der Waals surface area contributed by atoms with Gasteiger partial charge in [0.1, 0.15) is 0 Å². The summed E-state index contributed by atoms with van der Waals surface area (Å²) in [6, 6.07) is 9.59. The standard InChI is InChI=1S/C19H20N2O3S/c1-2-21-15-8-4-3-7-13(15)17-14(19(21)23)10-16(25-17)18(22)20-11-12-6-5-9-24-12/h3-4,7-8,10,12H,2,5-6,9,11H2,1H3,(H,20,22). The fourth-order valence-electron chi connectivity index (χ4n) is 3.43. The molecule has 1 aromatic carbocycles. The number of rotatable bonds is 4. The maximum absolute atomic E-state index is 12.8. The van der Waals surface area contributed by atoms with Crippen LogP contribution < -0.4 is 10.9 Å². The Morgan fingerprint density at radius 1 is 1.36 bits per heavy atom. The first-order valence-corrected chi connectivity index (χ1v) is 9.45. The van der Waals surface area contributed by atoms with Crippen LogP contribution in [0.2, 0.25) is 0 Å². The molecule has 0 aliphatic carbocycles. The normalized spacial score (nSPS) is 17.4. The zero-order valence-electron chi connectivity index (χ0n) is 14.1. The highest BCUT2D eigenvalue weighted by molar-refractivity contribution is 7.21. The number of para-hydroxylation sites is 1. The molecule has 3 heterocycles. The van der Waals surface area contributed by atoms with Crippen molar-refractivity contribution in [3.8, 4) is 0 Å².